The summed E-state index contributed by atoms with van der Waals surface area (Å²) in [7, 11) is -7.52. The summed E-state index contributed by atoms with van der Waals surface area (Å²) in [6.07, 6.45) is 0.586. The van der Waals surface area contributed by atoms with Gasteiger partial charge in [0, 0.05) is 13.1 Å². The molecular formula is C20H25N3O4S2. The molecule has 156 valence electrons. The summed E-state index contributed by atoms with van der Waals surface area (Å²) in [5, 5.41) is 0. The van der Waals surface area contributed by atoms with Gasteiger partial charge in [0.1, 0.15) is 5.84 Å². The average molecular weight is 436 g/mol. The second-order valence-electron chi connectivity index (χ2n) is 7.18. The van der Waals surface area contributed by atoms with E-state index in [-0.39, 0.29) is 22.3 Å². The van der Waals surface area contributed by atoms with Gasteiger partial charge in [-0.05, 0) is 51.5 Å². The van der Waals surface area contributed by atoms with Crippen LogP contribution >= 0.6 is 0 Å². The number of benzene rings is 2. The highest BCUT2D eigenvalue weighted by Gasteiger charge is 2.30. The molecule has 29 heavy (non-hydrogen) atoms. The Hall–Kier alpha value is -2.23. The molecule has 7 nitrogen and oxygen atoms in total. The minimum Gasteiger partial charge on any atom is -0.346 e. The molecule has 1 aliphatic rings. The Morgan fingerprint density at radius 1 is 0.828 bits per heavy atom. The third-order valence-electron chi connectivity index (χ3n) is 4.85. The monoisotopic (exact) mass is 435 g/mol. The first-order valence-electron chi connectivity index (χ1n) is 9.29. The average Bonchev–Trinajstić information content (AvgIpc) is 2.68. The smallest absolute Gasteiger partial charge is 0.283 e. The van der Waals surface area contributed by atoms with Crippen molar-refractivity contribution in [2.75, 3.05) is 19.8 Å². The van der Waals surface area contributed by atoms with Gasteiger partial charge in [-0.1, -0.05) is 35.4 Å². The largest absolute Gasteiger partial charge is 0.346 e. The molecule has 0 unspecified atom stereocenters. The van der Waals surface area contributed by atoms with Crippen molar-refractivity contribution >= 4 is 25.9 Å². The second kappa shape index (κ2) is 8.25. The van der Waals surface area contributed by atoms with Crippen molar-refractivity contribution in [1.29, 1.82) is 0 Å². The molecule has 0 amide bonds. The Morgan fingerprint density at radius 2 is 1.34 bits per heavy atom. The fraction of sp³-hybridized carbons (Fsp3) is 0.350. The van der Waals surface area contributed by atoms with Crippen LogP contribution in [0.3, 0.4) is 0 Å². The van der Waals surface area contributed by atoms with E-state index in [1.165, 1.54) is 16.4 Å². The quantitative estimate of drug-likeness (QED) is 0.544. The maximum absolute atomic E-state index is 12.9. The van der Waals surface area contributed by atoms with Crippen molar-refractivity contribution in [2.24, 2.45) is 4.40 Å². The number of sulfonamides is 2. The molecule has 0 N–H and O–H groups in total. The van der Waals surface area contributed by atoms with E-state index in [4.69, 9.17) is 0 Å². The van der Waals surface area contributed by atoms with E-state index < -0.39 is 20.0 Å². The highest BCUT2D eigenvalue weighted by molar-refractivity contribution is 7.90. The van der Waals surface area contributed by atoms with Crippen LogP contribution in [0.15, 0.2) is 62.7 Å². The Balaban J connectivity index is 1.81. The third kappa shape index (κ3) is 4.85. The van der Waals surface area contributed by atoms with Crippen LogP contribution in [-0.4, -0.2) is 51.6 Å². The number of hydrogen-bond acceptors (Lipinski definition) is 4. The van der Waals surface area contributed by atoms with E-state index in [9.17, 15) is 16.8 Å². The van der Waals surface area contributed by atoms with Crippen molar-refractivity contribution < 1.29 is 16.8 Å². The summed E-state index contributed by atoms with van der Waals surface area (Å²) in [4.78, 5) is 2.02. The maximum atomic E-state index is 12.9. The van der Waals surface area contributed by atoms with E-state index in [1.54, 1.807) is 48.2 Å². The van der Waals surface area contributed by atoms with Crippen LogP contribution in [0.4, 0.5) is 0 Å². The summed E-state index contributed by atoms with van der Waals surface area (Å²) in [5.41, 5.74) is 1.94. The van der Waals surface area contributed by atoms with Gasteiger partial charge in [0.15, 0.2) is 0 Å². The first-order chi connectivity index (χ1) is 13.6. The fourth-order valence-electron chi connectivity index (χ4n) is 3.08. The molecule has 1 saturated heterocycles. The Morgan fingerprint density at radius 3 is 1.90 bits per heavy atom. The van der Waals surface area contributed by atoms with Crippen LogP contribution in [0, 0.1) is 13.8 Å². The highest BCUT2D eigenvalue weighted by Crippen LogP contribution is 2.21. The van der Waals surface area contributed by atoms with Crippen LogP contribution in [0.5, 0.6) is 0 Å². The Kier molecular flexibility index (Phi) is 6.11. The minimum absolute atomic E-state index is 0.0644. The molecule has 0 atom stereocenters. The minimum atomic E-state index is -3.86. The number of rotatable bonds is 4. The standard InChI is InChI=1S/C20H25N3O4S2/c1-16-5-9-19(10-6-16)28(24,25)21-18(3)22-13-4-14-23(15-22)29(26,27)20-11-7-17(2)8-12-20/h5-12H,4,13-15H2,1-3H3/b21-18+. The number of hydrogen-bond donors (Lipinski definition) is 0. The SMILES string of the molecule is C/C(=N\S(=O)(=O)c1ccc(C)cc1)N1CCCN(S(=O)(=O)c2ccc(C)cc2)C1. The molecule has 0 aromatic heterocycles. The molecule has 1 fully saturated rings. The molecule has 0 aliphatic carbocycles. The van der Waals surface area contributed by atoms with Gasteiger partial charge in [-0.2, -0.15) is 12.7 Å². The van der Waals surface area contributed by atoms with E-state index in [0.29, 0.717) is 19.5 Å². The number of aryl methyl sites for hydroxylation is 2. The summed E-state index contributed by atoms with van der Waals surface area (Å²) < 4.78 is 56.3. The molecule has 2 aromatic rings. The number of amidine groups is 1. The van der Waals surface area contributed by atoms with E-state index in [2.05, 4.69) is 4.40 Å². The molecule has 3 rings (SSSR count). The van der Waals surface area contributed by atoms with Crippen molar-refractivity contribution in [3.8, 4) is 0 Å². The lowest BCUT2D eigenvalue weighted by Crippen LogP contribution is -2.49. The second-order valence-corrected chi connectivity index (χ2v) is 10.7. The van der Waals surface area contributed by atoms with Gasteiger partial charge < -0.3 is 4.90 Å². The van der Waals surface area contributed by atoms with E-state index in [1.807, 2.05) is 13.8 Å². The molecule has 2 aromatic carbocycles. The summed E-state index contributed by atoms with van der Waals surface area (Å²) in [6.45, 7) is 6.35. The van der Waals surface area contributed by atoms with Crippen molar-refractivity contribution in [3.63, 3.8) is 0 Å². The third-order valence-corrected chi connectivity index (χ3v) is 8.07. The summed E-state index contributed by atoms with van der Waals surface area (Å²) in [5.74, 6) is 0.273. The van der Waals surface area contributed by atoms with Crippen LogP contribution in [0.25, 0.3) is 0 Å². The molecule has 0 saturated carbocycles. The molecule has 9 heteroatoms. The zero-order chi connectivity index (χ0) is 21.2. The van der Waals surface area contributed by atoms with Gasteiger partial charge in [0.05, 0.1) is 16.5 Å². The normalized spacial score (nSPS) is 16.8. The fourth-order valence-corrected chi connectivity index (χ4v) is 5.57. The molecule has 0 bridgehead atoms. The van der Waals surface area contributed by atoms with Gasteiger partial charge in [-0.25, -0.2) is 8.42 Å². The van der Waals surface area contributed by atoms with Crippen LogP contribution in [0.1, 0.15) is 24.5 Å². The highest BCUT2D eigenvalue weighted by atomic mass is 32.2. The van der Waals surface area contributed by atoms with E-state index >= 15 is 0 Å². The van der Waals surface area contributed by atoms with Gasteiger partial charge >= 0.3 is 0 Å². The van der Waals surface area contributed by atoms with Crippen LogP contribution in [-0.2, 0) is 20.0 Å². The molecular weight excluding hydrogens is 410 g/mol. The lowest BCUT2D eigenvalue weighted by Gasteiger charge is -2.35. The predicted octanol–water partition coefficient (Wildman–Crippen LogP) is 2.76. The van der Waals surface area contributed by atoms with Gasteiger partial charge in [0.25, 0.3) is 10.0 Å². The first kappa shape index (κ1) is 21.5. The first-order valence-corrected chi connectivity index (χ1v) is 12.2. The van der Waals surface area contributed by atoms with Gasteiger partial charge in [-0.15, -0.1) is 4.40 Å². The van der Waals surface area contributed by atoms with Gasteiger partial charge in [0.2, 0.25) is 10.0 Å². The van der Waals surface area contributed by atoms with Crippen molar-refractivity contribution in [2.45, 2.75) is 37.0 Å². The Labute approximate surface area is 172 Å². The zero-order valence-electron chi connectivity index (χ0n) is 16.7. The molecule has 0 radical (unpaired) electrons. The maximum Gasteiger partial charge on any atom is 0.283 e. The van der Waals surface area contributed by atoms with Crippen molar-refractivity contribution in [3.05, 3.63) is 59.7 Å². The topological polar surface area (TPSA) is 87.1 Å². The van der Waals surface area contributed by atoms with E-state index in [0.717, 1.165) is 11.1 Å². The molecule has 1 heterocycles. The van der Waals surface area contributed by atoms with Crippen LogP contribution in [0.2, 0.25) is 0 Å². The summed E-state index contributed by atoms with van der Waals surface area (Å²) >= 11 is 0. The van der Waals surface area contributed by atoms with Crippen molar-refractivity contribution in [1.82, 2.24) is 9.21 Å². The zero-order valence-corrected chi connectivity index (χ0v) is 18.4. The number of nitrogens with zero attached hydrogens (tertiary/aromatic N) is 3. The molecule has 0 spiro atoms. The summed E-state index contributed by atoms with van der Waals surface area (Å²) in [6, 6.07) is 13.2. The lowest BCUT2D eigenvalue weighted by molar-refractivity contribution is 0.222. The lowest BCUT2D eigenvalue weighted by atomic mass is 10.2. The van der Waals surface area contributed by atoms with Crippen LogP contribution < -0.4 is 0 Å². The predicted molar refractivity (Wildman–Crippen MR) is 113 cm³/mol. The Bertz CT molecular complexity index is 1110. The molecule has 1 aliphatic heterocycles. The van der Waals surface area contributed by atoms with Gasteiger partial charge in [-0.3, -0.25) is 0 Å².